The molecule has 8 nitrogen and oxygen atoms in total. The first-order valence-electron chi connectivity index (χ1n) is 8.97. The van der Waals surface area contributed by atoms with Crippen LogP contribution < -0.4 is 9.46 Å². The number of hydrogen-bond acceptors (Lipinski definition) is 6. The molecule has 0 atom stereocenters. The molecule has 2 aromatic rings. The van der Waals surface area contributed by atoms with Crippen molar-refractivity contribution < 1.29 is 21.6 Å². The summed E-state index contributed by atoms with van der Waals surface area (Å²) in [5, 5.41) is 0.212. The Morgan fingerprint density at radius 3 is 2.48 bits per heavy atom. The van der Waals surface area contributed by atoms with Crippen LogP contribution in [-0.4, -0.2) is 52.9 Å². The SMILES string of the molecule is COc1ccc(S(=O)(=O)NCC2CCN(S(=O)(=O)c3cccnc3)CC2)cc1Cl. The van der Waals surface area contributed by atoms with Gasteiger partial charge in [-0.3, -0.25) is 4.98 Å². The summed E-state index contributed by atoms with van der Waals surface area (Å²) in [6, 6.07) is 7.36. The van der Waals surface area contributed by atoms with Gasteiger partial charge in [0.05, 0.1) is 17.0 Å². The molecule has 0 aliphatic carbocycles. The number of halogens is 1. The number of nitrogens with one attached hydrogen (secondary N) is 1. The molecular weight excluding hydrogens is 438 g/mol. The second-order valence-electron chi connectivity index (χ2n) is 6.68. The molecule has 2 heterocycles. The van der Waals surface area contributed by atoms with Crippen LogP contribution in [0.15, 0.2) is 52.5 Å². The molecule has 29 heavy (non-hydrogen) atoms. The molecule has 158 valence electrons. The lowest BCUT2D eigenvalue weighted by molar-refractivity contribution is 0.274. The fraction of sp³-hybridized carbons (Fsp3) is 0.389. The van der Waals surface area contributed by atoms with E-state index in [0.717, 1.165) is 0 Å². The zero-order valence-electron chi connectivity index (χ0n) is 15.8. The van der Waals surface area contributed by atoms with E-state index in [2.05, 4.69) is 9.71 Å². The first kappa shape index (κ1) is 22.0. The molecule has 0 saturated carbocycles. The Morgan fingerprint density at radius 2 is 1.90 bits per heavy atom. The quantitative estimate of drug-likeness (QED) is 0.679. The number of aromatic nitrogens is 1. The van der Waals surface area contributed by atoms with Crippen molar-refractivity contribution in [3.05, 3.63) is 47.7 Å². The third-order valence-electron chi connectivity index (χ3n) is 4.84. The molecule has 1 N–H and O–H groups in total. The highest BCUT2D eigenvalue weighted by molar-refractivity contribution is 7.89. The fourth-order valence-electron chi connectivity index (χ4n) is 3.13. The molecule has 0 amide bonds. The number of nitrogens with zero attached hydrogens (tertiary/aromatic N) is 2. The number of benzene rings is 1. The van der Waals surface area contributed by atoms with E-state index in [1.807, 2.05) is 0 Å². The molecule has 1 aliphatic heterocycles. The number of pyridine rings is 1. The minimum absolute atomic E-state index is 0.0406. The zero-order valence-corrected chi connectivity index (χ0v) is 18.2. The van der Waals surface area contributed by atoms with E-state index in [1.165, 1.54) is 48.1 Å². The van der Waals surface area contributed by atoms with E-state index in [9.17, 15) is 16.8 Å². The first-order chi connectivity index (χ1) is 13.7. The van der Waals surface area contributed by atoms with E-state index < -0.39 is 20.0 Å². The van der Waals surface area contributed by atoms with Crippen molar-refractivity contribution in [1.29, 1.82) is 0 Å². The highest BCUT2D eigenvalue weighted by Gasteiger charge is 2.30. The number of methoxy groups -OCH3 is 1. The van der Waals surface area contributed by atoms with Crippen LogP contribution in [0.2, 0.25) is 5.02 Å². The summed E-state index contributed by atoms with van der Waals surface area (Å²) in [7, 11) is -5.85. The highest BCUT2D eigenvalue weighted by Crippen LogP contribution is 2.27. The average Bonchev–Trinajstić information content (AvgIpc) is 2.73. The van der Waals surface area contributed by atoms with Crippen molar-refractivity contribution in [2.75, 3.05) is 26.7 Å². The van der Waals surface area contributed by atoms with Crippen molar-refractivity contribution in [2.45, 2.75) is 22.6 Å². The van der Waals surface area contributed by atoms with Crippen molar-refractivity contribution in [2.24, 2.45) is 5.92 Å². The predicted molar refractivity (Wildman–Crippen MR) is 109 cm³/mol. The molecule has 3 rings (SSSR count). The maximum Gasteiger partial charge on any atom is 0.244 e. The lowest BCUT2D eigenvalue weighted by Crippen LogP contribution is -2.41. The molecule has 0 radical (unpaired) electrons. The molecule has 11 heteroatoms. The third-order valence-corrected chi connectivity index (χ3v) is 8.44. The van der Waals surface area contributed by atoms with Gasteiger partial charge >= 0.3 is 0 Å². The maximum absolute atomic E-state index is 12.6. The molecule has 0 unspecified atom stereocenters. The van der Waals surface area contributed by atoms with Gasteiger partial charge in [-0.15, -0.1) is 0 Å². The van der Waals surface area contributed by atoms with Crippen LogP contribution in [0.5, 0.6) is 5.75 Å². The van der Waals surface area contributed by atoms with Gasteiger partial charge in [0.15, 0.2) is 0 Å². The number of piperidine rings is 1. The predicted octanol–water partition coefficient (Wildman–Crippen LogP) is 2.12. The monoisotopic (exact) mass is 459 g/mol. The smallest absolute Gasteiger partial charge is 0.244 e. The lowest BCUT2D eigenvalue weighted by atomic mass is 9.99. The molecule has 1 aromatic heterocycles. The Labute approximate surface area is 176 Å². The molecule has 1 fully saturated rings. The fourth-order valence-corrected chi connectivity index (χ4v) is 6.03. The van der Waals surface area contributed by atoms with Crippen molar-refractivity contribution in [3.8, 4) is 5.75 Å². The van der Waals surface area contributed by atoms with Gasteiger partial charge in [-0.05, 0) is 49.1 Å². The summed E-state index contributed by atoms with van der Waals surface area (Å²) in [5.74, 6) is 0.437. The minimum Gasteiger partial charge on any atom is -0.495 e. The van der Waals surface area contributed by atoms with Gasteiger partial charge in [-0.1, -0.05) is 11.6 Å². The van der Waals surface area contributed by atoms with Crippen LogP contribution in [0.4, 0.5) is 0 Å². The van der Waals surface area contributed by atoms with Gasteiger partial charge in [-0.25, -0.2) is 21.6 Å². The molecular formula is C18H22ClN3O5S2. The summed E-state index contributed by atoms with van der Waals surface area (Å²) >= 11 is 6.01. The Kier molecular flexibility index (Phi) is 6.79. The number of sulfonamides is 2. The number of ether oxygens (including phenoxy) is 1. The zero-order chi connectivity index (χ0) is 21.1. The highest BCUT2D eigenvalue weighted by atomic mass is 35.5. The lowest BCUT2D eigenvalue weighted by Gasteiger charge is -2.31. The van der Waals surface area contributed by atoms with Crippen LogP contribution in [0.3, 0.4) is 0 Å². The Morgan fingerprint density at radius 1 is 1.17 bits per heavy atom. The van der Waals surface area contributed by atoms with Crippen LogP contribution in [-0.2, 0) is 20.0 Å². The van der Waals surface area contributed by atoms with Gasteiger partial charge in [-0.2, -0.15) is 4.31 Å². The Bertz CT molecular complexity index is 1050. The van der Waals surface area contributed by atoms with E-state index in [-0.39, 0.29) is 27.3 Å². The number of rotatable bonds is 7. The summed E-state index contributed by atoms with van der Waals surface area (Å²) in [5.41, 5.74) is 0. The van der Waals surface area contributed by atoms with Gasteiger partial charge in [0.2, 0.25) is 20.0 Å². The van der Waals surface area contributed by atoms with Gasteiger partial charge in [0.25, 0.3) is 0 Å². The molecule has 1 aliphatic rings. The van der Waals surface area contributed by atoms with Crippen LogP contribution in [0.1, 0.15) is 12.8 Å². The van der Waals surface area contributed by atoms with E-state index in [1.54, 1.807) is 6.07 Å². The first-order valence-corrected chi connectivity index (χ1v) is 12.3. The van der Waals surface area contributed by atoms with Crippen molar-refractivity contribution in [3.63, 3.8) is 0 Å². The standard InChI is InChI=1S/C18H22ClN3O5S2/c1-27-18-5-4-15(11-17(18)19)28(23,24)21-12-14-6-9-22(10-7-14)29(25,26)16-3-2-8-20-13-16/h2-5,8,11,13-14,21H,6-7,9-10,12H2,1H3. The summed E-state index contributed by atoms with van der Waals surface area (Å²) in [6.07, 6.45) is 3.97. The minimum atomic E-state index is -3.72. The second-order valence-corrected chi connectivity index (χ2v) is 10.8. The molecule has 0 spiro atoms. The average molecular weight is 460 g/mol. The van der Waals surface area contributed by atoms with Crippen molar-refractivity contribution in [1.82, 2.24) is 14.0 Å². The van der Waals surface area contributed by atoms with E-state index in [0.29, 0.717) is 31.7 Å². The van der Waals surface area contributed by atoms with Gasteiger partial charge in [0, 0.05) is 32.0 Å². The third kappa shape index (κ3) is 5.07. The molecule has 0 bridgehead atoms. The van der Waals surface area contributed by atoms with Gasteiger partial charge < -0.3 is 4.74 Å². The summed E-state index contributed by atoms with van der Waals surface area (Å²) < 4.78 is 59.3. The topological polar surface area (TPSA) is 106 Å². The van der Waals surface area contributed by atoms with Gasteiger partial charge in [0.1, 0.15) is 10.6 Å². The molecule has 1 aromatic carbocycles. The van der Waals surface area contributed by atoms with E-state index in [4.69, 9.17) is 16.3 Å². The van der Waals surface area contributed by atoms with Crippen LogP contribution >= 0.6 is 11.6 Å². The largest absolute Gasteiger partial charge is 0.495 e. The maximum atomic E-state index is 12.6. The summed E-state index contributed by atoms with van der Waals surface area (Å²) in [6.45, 7) is 0.892. The normalized spacial score (nSPS) is 16.6. The Balaban J connectivity index is 1.58. The van der Waals surface area contributed by atoms with Crippen LogP contribution in [0, 0.1) is 5.92 Å². The van der Waals surface area contributed by atoms with Crippen LogP contribution in [0.25, 0.3) is 0 Å². The second kappa shape index (κ2) is 8.97. The van der Waals surface area contributed by atoms with Crippen molar-refractivity contribution >= 4 is 31.6 Å². The molecule has 1 saturated heterocycles. The summed E-state index contributed by atoms with van der Waals surface area (Å²) in [4.78, 5) is 4.08. The van der Waals surface area contributed by atoms with E-state index >= 15 is 0 Å². The number of hydrogen-bond donors (Lipinski definition) is 1. The Hall–Kier alpha value is -1.72.